The summed E-state index contributed by atoms with van der Waals surface area (Å²) in [4.78, 5) is 73.9. The fourth-order valence-corrected chi connectivity index (χ4v) is 7.46. The molecule has 3 aromatic carbocycles. The van der Waals surface area contributed by atoms with Crippen molar-refractivity contribution in [3.05, 3.63) is 82.0 Å². The molecule has 13 N–H and O–H groups in total. The summed E-state index contributed by atoms with van der Waals surface area (Å²) in [6.45, 7) is 8.51. The topological polar surface area (TPSA) is 315 Å². The first-order valence-corrected chi connectivity index (χ1v) is 21.5. The Hall–Kier alpha value is -6.67. The van der Waals surface area contributed by atoms with Crippen LogP contribution in [0.4, 0.5) is 5.69 Å². The average Bonchev–Trinajstić information content (AvgIpc) is 3.25. The summed E-state index contributed by atoms with van der Waals surface area (Å²) in [5.41, 5.74) is 19.1. The Morgan fingerprint density at radius 3 is 2.30 bits per heavy atom. The number of ether oxygens (including phenoxy) is 2. The quantitative estimate of drug-likeness (QED) is 0.0642. The van der Waals surface area contributed by atoms with E-state index in [1.165, 1.54) is 39.1 Å². The zero-order valence-corrected chi connectivity index (χ0v) is 38.2. The average molecular weight is 933 g/mol. The number of anilines is 1. The van der Waals surface area contributed by atoms with Crippen molar-refractivity contribution >= 4 is 46.9 Å². The molecule has 20 heteroatoms. The molecule has 4 amide bonds. The number of carboxylic acid groups (broad SMARTS) is 1. The predicted molar refractivity (Wildman–Crippen MR) is 246 cm³/mol. The van der Waals surface area contributed by atoms with Crippen LogP contribution in [0, 0.1) is 0 Å². The second kappa shape index (κ2) is 21.1. The number of halogens is 1. The number of carbonyl (C=O) groups is 5. The lowest BCUT2D eigenvalue weighted by Gasteiger charge is -2.32. The Labute approximate surface area is 386 Å². The molecule has 5 rings (SSSR count). The van der Waals surface area contributed by atoms with Gasteiger partial charge in [0.2, 0.25) is 17.7 Å². The maximum absolute atomic E-state index is 14.5. The van der Waals surface area contributed by atoms with E-state index in [0.29, 0.717) is 24.1 Å². The zero-order chi connectivity index (χ0) is 48.8. The molecule has 0 saturated carbocycles. The van der Waals surface area contributed by atoms with Crippen molar-refractivity contribution in [2.75, 3.05) is 39.1 Å². The van der Waals surface area contributed by atoms with Crippen molar-refractivity contribution in [3.8, 4) is 45.4 Å². The van der Waals surface area contributed by atoms with Crippen LogP contribution in [0.2, 0.25) is 5.15 Å². The van der Waals surface area contributed by atoms with E-state index in [9.17, 15) is 44.4 Å². The molecule has 66 heavy (non-hydrogen) atoms. The van der Waals surface area contributed by atoms with Crippen molar-refractivity contribution in [3.63, 3.8) is 0 Å². The van der Waals surface area contributed by atoms with Crippen molar-refractivity contribution in [1.82, 2.24) is 25.8 Å². The SMILES string of the molecule is C[C@@H]1NC(=O)[C@@H](N(C)C(=O)[C@H](C)NC(=O)c2c(N)cc(-c3ccc(C(C)(C)C)cc3O)nc2Cl)c2cc(OC[C@H](O)CN)c(O)c(c2)-c2cc(ccc2OCCCN)C[C@@H](C(=O)O)NC1=O. The summed E-state index contributed by atoms with van der Waals surface area (Å²) in [5, 5.41) is 50.3. The number of fused-ring (bicyclic) bond motifs is 5. The van der Waals surface area contributed by atoms with Crippen LogP contribution >= 0.6 is 11.6 Å². The molecule has 1 aliphatic rings. The molecule has 354 valence electrons. The van der Waals surface area contributed by atoms with E-state index in [4.69, 9.17) is 38.3 Å². The number of aromatic nitrogens is 1. The number of phenols is 2. The number of phenolic OH excluding ortho intramolecular Hbond substituents is 2. The summed E-state index contributed by atoms with van der Waals surface area (Å²) in [6.07, 6.45) is -0.931. The van der Waals surface area contributed by atoms with Gasteiger partial charge in [-0.3, -0.25) is 19.2 Å². The van der Waals surface area contributed by atoms with Crippen LogP contribution in [0.1, 0.15) is 74.1 Å². The Kier molecular flexibility index (Phi) is 16.1. The highest BCUT2D eigenvalue weighted by molar-refractivity contribution is 6.33. The number of hydrogen-bond acceptors (Lipinski definition) is 14. The molecular formula is C46H57ClN8O11. The monoisotopic (exact) mass is 932 g/mol. The number of likely N-dealkylation sites (N-methyl/N-ethyl adjacent to an activating group) is 1. The van der Waals surface area contributed by atoms with Gasteiger partial charge in [0.1, 0.15) is 53.5 Å². The molecule has 2 heterocycles. The van der Waals surface area contributed by atoms with Gasteiger partial charge in [-0.25, -0.2) is 9.78 Å². The van der Waals surface area contributed by atoms with Crippen molar-refractivity contribution in [2.45, 2.75) is 83.1 Å². The van der Waals surface area contributed by atoms with E-state index < -0.39 is 72.2 Å². The van der Waals surface area contributed by atoms with E-state index in [2.05, 4.69) is 20.9 Å². The van der Waals surface area contributed by atoms with Crippen molar-refractivity contribution < 1.29 is 53.9 Å². The van der Waals surface area contributed by atoms with Crippen LogP contribution in [0.25, 0.3) is 22.4 Å². The fraction of sp³-hybridized carbons (Fsp3) is 0.391. The Morgan fingerprint density at radius 2 is 1.68 bits per heavy atom. The minimum atomic E-state index is -1.64. The minimum absolute atomic E-state index is 0.0230. The first-order chi connectivity index (χ1) is 31.1. The molecule has 5 atom stereocenters. The second-order valence-electron chi connectivity index (χ2n) is 17.1. The molecule has 1 aromatic heterocycles. The molecule has 1 aliphatic heterocycles. The van der Waals surface area contributed by atoms with Gasteiger partial charge in [0, 0.05) is 42.4 Å². The molecule has 0 aliphatic carbocycles. The van der Waals surface area contributed by atoms with Crippen LogP contribution in [0.5, 0.6) is 23.0 Å². The maximum Gasteiger partial charge on any atom is 0.326 e. The van der Waals surface area contributed by atoms with Crippen LogP contribution in [-0.4, -0.2) is 117 Å². The van der Waals surface area contributed by atoms with Gasteiger partial charge in [-0.1, -0.05) is 44.5 Å². The largest absolute Gasteiger partial charge is 0.507 e. The lowest BCUT2D eigenvalue weighted by atomic mass is 9.86. The molecule has 0 spiro atoms. The van der Waals surface area contributed by atoms with E-state index in [1.54, 1.807) is 30.3 Å². The summed E-state index contributed by atoms with van der Waals surface area (Å²) in [5.74, 6) is -5.43. The third kappa shape index (κ3) is 11.6. The van der Waals surface area contributed by atoms with Gasteiger partial charge in [0.25, 0.3) is 5.91 Å². The normalized spacial score (nSPS) is 17.3. The molecule has 4 bridgehead atoms. The smallest absolute Gasteiger partial charge is 0.326 e. The molecule has 0 fully saturated rings. The number of hydrogen-bond donors (Lipinski definition) is 10. The second-order valence-corrected chi connectivity index (χ2v) is 17.4. The molecule has 0 unspecified atom stereocenters. The van der Waals surface area contributed by atoms with Gasteiger partial charge in [-0.05, 0) is 91.4 Å². The van der Waals surface area contributed by atoms with E-state index in [-0.39, 0.29) is 81.0 Å². The van der Waals surface area contributed by atoms with Crippen LogP contribution in [0.3, 0.4) is 0 Å². The summed E-state index contributed by atoms with van der Waals surface area (Å²) >= 11 is 6.54. The number of amides is 4. The number of nitrogens with one attached hydrogen (secondary N) is 3. The molecular weight excluding hydrogens is 876 g/mol. The Bertz CT molecular complexity index is 2470. The van der Waals surface area contributed by atoms with E-state index >= 15 is 0 Å². The molecule has 19 nitrogen and oxygen atoms in total. The van der Waals surface area contributed by atoms with Crippen LogP contribution in [-0.2, 0) is 31.0 Å². The highest BCUT2D eigenvalue weighted by Crippen LogP contribution is 2.45. The van der Waals surface area contributed by atoms with Crippen LogP contribution in [0.15, 0.2) is 54.6 Å². The van der Waals surface area contributed by atoms with Gasteiger partial charge in [-0.15, -0.1) is 0 Å². The third-order valence-corrected chi connectivity index (χ3v) is 11.2. The van der Waals surface area contributed by atoms with E-state index in [1.807, 2.05) is 26.8 Å². The Morgan fingerprint density at radius 1 is 0.970 bits per heavy atom. The molecule has 4 aromatic rings. The van der Waals surface area contributed by atoms with E-state index in [0.717, 1.165) is 10.5 Å². The van der Waals surface area contributed by atoms with Gasteiger partial charge in [0.05, 0.1) is 17.9 Å². The van der Waals surface area contributed by atoms with Gasteiger partial charge in [-0.2, -0.15) is 0 Å². The molecule has 0 radical (unpaired) electrons. The standard InChI is InChI=1S/C46H57ClN8O11/c1-22-41(59)54-33(45(63)64)15-24-8-11-35(65-13-7-12-48)29(14-24)30-16-25(17-36(39(30)58)66-21-27(56)20-49)38(43(61)51-22)55(6)44(62)23(2)52-42(60)37-31(50)19-32(53-40(37)47)28-10-9-26(18-34(28)57)46(3,4)5/h8-11,14,16-19,22-23,27,33,38,56-58H,7,12-13,15,20-21,48-49H2,1-6H3,(H2,50,53)(H,51,61)(H,52,60)(H,54,59)(H,63,64)/t22-,23-,27+,33-,38-/m0/s1. The number of aliphatic hydroxyl groups is 1. The molecule has 0 saturated heterocycles. The number of aliphatic carboxylic acids is 1. The van der Waals surface area contributed by atoms with Gasteiger partial charge in [0.15, 0.2) is 11.5 Å². The first kappa shape index (κ1) is 50.3. The van der Waals surface area contributed by atoms with Gasteiger partial charge < -0.3 is 68.0 Å². The maximum atomic E-state index is 14.5. The third-order valence-electron chi connectivity index (χ3n) is 10.9. The number of aliphatic hydroxyl groups excluding tert-OH is 1. The predicted octanol–water partition coefficient (Wildman–Crippen LogP) is 2.73. The number of rotatable bonds is 14. The van der Waals surface area contributed by atoms with Crippen molar-refractivity contribution in [2.24, 2.45) is 11.5 Å². The van der Waals surface area contributed by atoms with Crippen LogP contribution < -0.4 is 42.6 Å². The number of benzene rings is 3. The fourth-order valence-electron chi connectivity index (χ4n) is 7.18. The Balaban J connectivity index is 1.58. The lowest BCUT2D eigenvalue weighted by Crippen LogP contribution is -2.54. The summed E-state index contributed by atoms with van der Waals surface area (Å²) in [7, 11) is 1.27. The summed E-state index contributed by atoms with van der Waals surface area (Å²) in [6, 6.07) is 8.03. The highest BCUT2D eigenvalue weighted by atomic mass is 35.5. The summed E-state index contributed by atoms with van der Waals surface area (Å²) < 4.78 is 11.9. The number of nitrogens with zero attached hydrogens (tertiary/aromatic N) is 2. The number of aromatic hydroxyl groups is 2. The first-order valence-electron chi connectivity index (χ1n) is 21.1. The number of pyridine rings is 1. The highest BCUT2D eigenvalue weighted by Gasteiger charge is 2.36. The van der Waals surface area contributed by atoms with Crippen molar-refractivity contribution in [1.29, 1.82) is 0 Å². The number of nitrogen functional groups attached to an aromatic ring is 1. The zero-order valence-electron chi connectivity index (χ0n) is 37.5. The number of carboxylic acids is 1. The minimum Gasteiger partial charge on any atom is -0.507 e. The lowest BCUT2D eigenvalue weighted by molar-refractivity contribution is -0.143. The number of carbonyl (C=O) groups excluding carboxylic acids is 4. The number of nitrogens with two attached hydrogens (primary N) is 3. The van der Waals surface area contributed by atoms with Gasteiger partial charge >= 0.3 is 5.97 Å².